The molecule has 178 valence electrons. The van der Waals surface area contributed by atoms with Crippen molar-refractivity contribution in [3.05, 3.63) is 101 Å². The fourth-order valence-corrected chi connectivity index (χ4v) is 5.39. The smallest absolute Gasteiger partial charge is 0.232 e. The van der Waals surface area contributed by atoms with Crippen molar-refractivity contribution in [1.29, 1.82) is 0 Å². The molecule has 1 heterocycles. The number of hydrogen-bond acceptors (Lipinski definition) is 4. The van der Waals surface area contributed by atoms with Crippen molar-refractivity contribution in [3.8, 4) is 11.5 Å². The number of nitrogens with zero attached hydrogens (tertiary/aromatic N) is 1. The highest BCUT2D eigenvalue weighted by atomic mass is 16.5. The van der Waals surface area contributed by atoms with E-state index in [9.17, 15) is 9.59 Å². The minimum absolute atomic E-state index is 0.0153. The van der Waals surface area contributed by atoms with Crippen LogP contribution in [0.15, 0.2) is 84.1 Å². The first-order chi connectivity index (χ1) is 17.0. The van der Waals surface area contributed by atoms with Gasteiger partial charge >= 0.3 is 0 Å². The molecule has 0 bridgehead atoms. The maximum absolute atomic E-state index is 13.8. The highest BCUT2D eigenvalue weighted by Crippen LogP contribution is 2.47. The summed E-state index contributed by atoms with van der Waals surface area (Å²) in [5, 5.41) is 0. The summed E-state index contributed by atoms with van der Waals surface area (Å²) >= 11 is 0. The van der Waals surface area contributed by atoms with Crippen molar-refractivity contribution in [2.24, 2.45) is 0 Å². The summed E-state index contributed by atoms with van der Waals surface area (Å²) in [5.41, 5.74) is 5.43. The van der Waals surface area contributed by atoms with E-state index < -0.39 is 0 Å². The predicted octanol–water partition coefficient (Wildman–Crippen LogP) is 5.93. The van der Waals surface area contributed by atoms with Gasteiger partial charge in [-0.15, -0.1) is 0 Å². The maximum atomic E-state index is 13.8. The molecule has 5 heteroatoms. The number of rotatable bonds is 5. The van der Waals surface area contributed by atoms with Gasteiger partial charge in [-0.3, -0.25) is 14.5 Å². The van der Waals surface area contributed by atoms with Crippen LogP contribution < -0.4 is 14.4 Å². The number of amides is 1. The number of Topliss-reactive ketones (excluding diaryl/α,β-unsaturated/α-hetero) is 1. The number of methoxy groups -OCH3 is 2. The molecule has 35 heavy (non-hydrogen) atoms. The lowest BCUT2D eigenvalue weighted by atomic mass is 9.72. The number of carbonyl (C=O) groups is 2. The quantitative estimate of drug-likeness (QED) is 0.466. The number of ketones is 1. The summed E-state index contributed by atoms with van der Waals surface area (Å²) in [6, 6.07) is 23.7. The Kier molecular flexibility index (Phi) is 6.16. The molecule has 3 aromatic carbocycles. The molecule has 2 aliphatic rings. The van der Waals surface area contributed by atoms with Gasteiger partial charge in [-0.2, -0.15) is 0 Å². The maximum Gasteiger partial charge on any atom is 0.232 e. The summed E-state index contributed by atoms with van der Waals surface area (Å²) in [6.07, 6.45) is 1.29. The number of ether oxygens (including phenoxy) is 2. The number of benzene rings is 3. The van der Waals surface area contributed by atoms with Gasteiger partial charge in [0.15, 0.2) is 5.78 Å². The third-order valence-corrected chi connectivity index (χ3v) is 7.04. The Morgan fingerprint density at radius 2 is 1.46 bits per heavy atom. The van der Waals surface area contributed by atoms with E-state index in [2.05, 4.69) is 18.2 Å². The average molecular weight is 468 g/mol. The van der Waals surface area contributed by atoms with Gasteiger partial charge in [-0.25, -0.2) is 0 Å². The molecule has 0 fully saturated rings. The largest absolute Gasteiger partial charge is 0.497 e. The zero-order valence-corrected chi connectivity index (χ0v) is 20.3. The molecule has 1 aliphatic carbocycles. The molecule has 1 amide bonds. The van der Waals surface area contributed by atoms with Crippen molar-refractivity contribution in [3.63, 3.8) is 0 Å². The minimum atomic E-state index is -0.245. The van der Waals surface area contributed by atoms with E-state index in [0.717, 1.165) is 28.0 Å². The van der Waals surface area contributed by atoms with Crippen LogP contribution in [-0.2, 0) is 9.59 Å². The van der Waals surface area contributed by atoms with E-state index in [1.807, 2.05) is 55.5 Å². The second-order valence-corrected chi connectivity index (χ2v) is 9.27. The number of anilines is 1. The third-order valence-electron chi connectivity index (χ3n) is 7.04. The van der Waals surface area contributed by atoms with Gasteiger partial charge in [0, 0.05) is 48.2 Å². The standard InChI is InChI=1S/C30H29NO4/c1-19-8-7-11-21(12-19)26-18-29(33)31(23-15-24(34-2)17-25(16-23)35-3)27-13-22(14-28(32)30(26)27)20-9-5-4-6-10-20/h4-12,15-17,22,26H,13-14,18H2,1-3H3. The van der Waals surface area contributed by atoms with E-state index in [4.69, 9.17) is 9.47 Å². The molecule has 2 unspecified atom stereocenters. The van der Waals surface area contributed by atoms with Gasteiger partial charge in [-0.1, -0.05) is 60.2 Å². The Bertz CT molecular complexity index is 1290. The zero-order chi connectivity index (χ0) is 24.5. The van der Waals surface area contributed by atoms with Crippen LogP contribution in [0.5, 0.6) is 11.5 Å². The highest BCUT2D eigenvalue weighted by Gasteiger charge is 2.42. The van der Waals surface area contributed by atoms with Crippen molar-refractivity contribution in [2.75, 3.05) is 19.1 Å². The van der Waals surface area contributed by atoms with Crippen LogP contribution in [0, 0.1) is 6.92 Å². The number of carbonyl (C=O) groups excluding carboxylic acids is 2. The lowest BCUT2D eigenvalue weighted by molar-refractivity contribution is -0.120. The molecular formula is C30H29NO4. The van der Waals surface area contributed by atoms with Crippen molar-refractivity contribution in [2.45, 2.75) is 38.0 Å². The molecule has 0 saturated carbocycles. The van der Waals surface area contributed by atoms with Gasteiger partial charge in [0.1, 0.15) is 11.5 Å². The van der Waals surface area contributed by atoms with E-state index in [0.29, 0.717) is 30.0 Å². The Morgan fingerprint density at radius 3 is 2.11 bits per heavy atom. The molecule has 0 saturated heterocycles. The Hall–Kier alpha value is -3.86. The zero-order valence-electron chi connectivity index (χ0n) is 20.3. The fraction of sp³-hybridized carbons (Fsp3) is 0.267. The van der Waals surface area contributed by atoms with Crippen molar-refractivity contribution >= 4 is 17.4 Å². The number of allylic oxidation sites excluding steroid dienone is 2. The molecule has 0 N–H and O–H groups in total. The molecule has 0 spiro atoms. The van der Waals surface area contributed by atoms with E-state index in [1.54, 1.807) is 25.2 Å². The normalized spacial score (nSPS) is 20.0. The first-order valence-corrected chi connectivity index (χ1v) is 11.9. The highest BCUT2D eigenvalue weighted by molar-refractivity contribution is 6.08. The van der Waals surface area contributed by atoms with Gasteiger partial charge in [0.2, 0.25) is 5.91 Å². The summed E-state index contributed by atoms with van der Waals surface area (Å²) in [7, 11) is 3.18. The molecular weight excluding hydrogens is 438 g/mol. The molecule has 1 aliphatic heterocycles. The molecule has 5 rings (SSSR count). The topological polar surface area (TPSA) is 55.8 Å². The predicted molar refractivity (Wildman–Crippen MR) is 136 cm³/mol. The fourth-order valence-electron chi connectivity index (χ4n) is 5.39. The molecule has 5 nitrogen and oxygen atoms in total. The van der Waals surface area contributed by atoms with Crippen LogP contribution in [0.3, 0.4) is 0 Å². The summed E-state index contributed by atoms with van der Waals surface area (Å²) in [6.45, 7) is 2.03. The van der Waals surface area contributed by atoms with Gasteiger partial charge < -0.3 is 9.47 Å². The molecule has 0 aromatic heterocycles. The van der Waals surface area contributed by atoms with Crippen LogP contribution in [-0.4, -0.2) is 25.9 Å². The van der Waals surface area contributed by atoms with Gasteiger partial charge in [-0.05, 0) is 30.4 Å². The SMILES string of the molecule is COc1cc(OC)cc(N2C(=O)CC(c3cccc(C)c3)C3=C2CC(c2ccccc2)CC3=O)c1. The van der Waals surface area contributed by atoms with Crippen molar-refractivity contribution < 1.29 is 19.1 Å². The van der Waals surface area contributed by atoms with E-state index >= 15 is 0 Å². The average Bonchev–Trinajstić information content (AvgIpc) is 2.88. The Labute approximate surface area is 206 Å². The first-order valence-electron chi connectivity index (χ1n) is 11.9. The van der Waals surface area contributed by atoms with Gasteiger partial charge in [0.25, 0.3) is 0 Å². The van der Waals surface area contributed by atoms with E-state index in [-0.39, 0.29) is 29.9 Å². The Balaban J connectivity index is 1.68. The first kappa shape index (κ1) is 22.9. The number of hydrogen-bond donors (Lipinski definition) is 0. The third kappa shape index (κ3) is 4.34. The molecule has 3 aromatic rings. The molecule has 2 atom stereocenters. The lowest BCUT2D eigenvalue weighted by Crippen LogP contribution is -2.41. The van der Waals surface area contributed by atoms with Crippen LogP contribution in [0.1, 0.15) is 47.8 Å². The second-order valence-electron chi connectivity index (χ2n) is 9.27. The molecule has 0 radical (unpaired) electrons. The van der Waals surface area contributed by atoms with Crippen molar-refractivity contribution in [1.82, 2.24) is 0 Å². The van der Waals surface area contributed by atoms with Crippen LogP contribution in [0.25, 0.3) is 0 Å². The van der Waals surface area contributed by atoms with Crippen LogP contribution in [0.2, 0.25) is 0 Å². The summed E-state index contributed by atoms with van der Waals surface area (Å²) < 4.78 is 10.9. The monoisotopic (exact) mass is 467 g/mol. The Morgan fingerprint density at radius 1 is 0.771 bits per heavy atom. The summed E-state index contributed by atoms with van der Waals surface area (Å²) in [5.74, 6) is 1.03. The van der Waals surface area contributed by atoms with Crippen LogP contribution >= 0.6 is 0 Å². The second kappa shape index (κ2) is 9.41. The van der Waals surface area contributed by atoms with E-state index in [1.165, 1.54) is 0 Å². The van der Waals surface area contributed by atoms with Crippen LogP contribution in [0.4, 0.5) is 5.69 Å². The van der Waals surface area contributed by atoms with Gasteiger partial charge in [0.05, 0.1) is 19.9 Å². The minimum Gasteiger partial charge on any atom is -0.497 e. The lowest BCUT2D eigenvalue weighted by Gasteiger charge is -2.40. The number of aryl methyl sites for hydroxylation is 1. The summed E-state index contributed by atoms with van der Waals surface area (Å²) in [4.78, 5) is 29.3.